The zero-order chi connectivity index (χ0) is 9.68. The summed E-state index contributed by atoms with van der Waals surface area (Å²) in [4.78, 5) is 4.37. The van der Waals surface area contributed by atoms with Crippen molar-refractivity contribution in [3.05, 3.63) is 17.8 Å². The molecule has 0 atom stereocenters. The molecule has 0 aliphatic rings. The maximum atomic E-state index is 5.41. The van der Waals surface area contributed by atoms with E-state index in [-0.39, 0.29) is 0 Å². The topological polar surface area (TPSA) is 52.0 Å². The van der Waals surface area contributed by atoms with E-state index in [9.17, 15) is 0 Å². The maximum absolute atomic E-state index is 5.41. The lowest BCUT2D eigenvalue weighted by Gasteiger charge is -1.97. The largest absolute Gasteiger partial charge is 0.449 e. The Morgan fingerprint density at radius 3 is 2.92 bits per heavy atom. The van der Waals surface area contributed by atoms with Crippen LogP contribution in [-0.2, 0) is 12.8 Å². The van der Waals surface area contributed by atoms with Crippen molar-refractivity contribution in [1.82, 2.24) is 4.98 Å². The minimum Gasteiger partial charge on any atom is -0.449 e. The molecule has 3 nitrogen and oxygen atoms in total. The number of hydrogen-bond acceptors (Lipinski definition) is 3. The van der Waals surface area contributed by atoms with Crippen LogP contribution in [0.2, 0.25) is 0 Å². The van der Waals surface area contributed by atoms with Gasteiger partial charge >= 0.3 is 0 Å². The van der Waals surface area contributed by atoms with E-state index in [4.69, 9.17) is 10.2 Å². The Morgan fingerprint density at radius 1 is 1.54 bits per heavy atom. The van der Waals surface area contributed by atoms with Gasteiger partial charge in [0.15, 0.2) is 5.89 Å². The van der Waals surface area contributed by atoms with Gasteiger partial charge < -0.3 is 10.2 Å². The number of rotatable bonds is 5. The number of nitrogens with two attached hydrogens (primary N) is 1. The standard InChI is InChI=1S/C10H18N2O/c1-8(2)6-10-12-9(7-13-10)4-3-5-11/h7-8H,3-6,11H2,1-2H3. The molecule has 1 aromatic heterocycles. The lowest BCUT2D eigenvalue weighted by Crippen LogP contribution is -2.00. The number of hydrogen-bond donors (Lipinski definition) is 1. The van der Waals surface area contributed by atoms with Crippen LogP contribution in [0.15, 0.2) is 10.7 Å². The van der Waals surface area contributed by atoms with Gasteiger partial charge in [-0.1, -0.05) is 13.8 Å². The molecular weight excluding hydrogens is 164 g/mol. The summed E-state index contributed by atoms with van der Waals surface area (Å²) in [6.45, 7) is 5.03. The van der Waals surface area contributed by atoms with Crippen LogP contribution < -0.4 is 5.73 Å². The van der Waals surface area contributed by atoms with Crippen molar-refractivity contribution >= 4 is 0 Å². The summed E-state index contributed by atoms with van der Waals surface area (Å²) < 4.78 is 5.32. The van der Waals surface area contributed by atoms with Gasteiger partial charge in [-0.25, -0.2) is 4.98 Å². The molecule has 1 rings (SSSR count). The molecule has 74 valence electrons. The monoisotopic (exact) mass is 182 g/mol. The average Bonchev–Trinajstić information content (AvgIpc) is 2.48. The van der Waals surface area contributed by atoms with Crippen LogP contribution >= 0.6 is 0 Å². The van der Waals surface area contributed by atoms with E-state index in [2.05, 4.69) is 18.8 Å². The molecule has 0 spiro atoms. The molecule has 1 aromatic rings. The van der Waals surface area contributed by atoms with Crippen molar-refractivity contribution in [3.8, 4) is 0 Å². The molecule has 0 saturated heterocycles. The van der Waals surface area contributed by atoms with Crippen molar-refractivity contribution in [2.75, 3.05) is 6.54 Å². The fraction of sp³-hybridized carbons (Fsp3) is 0.700. The van der Waals surface area contributed by atoms with Gasteiger partial charge in [0, 0.05) is 6.42 Å². The summed E-state index contributed by atoms with van der Waals surface area (Å²) in [5, 5.41) is 0. The molecule has 2 N–H and O–H groups in total. The van der Waals surface area contributed by atoms with Gasteiger partial charge in [-0.15, -0.1) is 0 Å². The van der Waals surface area contributed by atoms with Gasteiger partial charge in [0.25, 0.3) is 0 Å². The maximum Gasteiger partial charge on any atom is 0.194 e. The van der Waals surface area contributed by atoms with Gasteiger partial charge in [0.2, 0.25) is 0 Å². The van der Waals surface area contributed by atoms with Crippen LogP contribution in [0.4, 0.5) is 0 Å². The van der Waals surface area contributed by atoms with Crippen molar-refractivity contribution in [2.45, 2.75) is 33.1 Å². The van der Waals surface area contributed by atoms with Gasteiger partial charge in [0.1, 0.15) is 6.26 Å². The fourth-order valence-corrected chi connectivity index (χ4v) is 1.19. The van der Waals surface area contributed by atoms with Crippen molar-refractivity contribution in [2.24, 2.45) is 11.7 Å². The Labute approximate surface area is 79.3 Å². The van der Waals surface area contributed by atoms with Crippen LogP contribution in [-0.4, -0.2) is 11.5 Å². The van der Waals surface area contributed by atoms with Gasteiger partial charge in [0.05, 0.1) is 5.69 Å². The molecule has 0 fully saturated rings. The first-order valence-corrected chi connectivity index (χ1v) is 4.85. The van der Waals surface area contributed by atoms with E-state index in [1.54, 1.807) is 6.26 Å². The van der Waals surface area contributed by atoms with Crippen LogP contribution in [0.25, 0.3) is 0 Å². The molecule has 0 aromatic carbocycles. The van der Waals surface area contributed by atoms with Crippen molar-refractivity contribution in [3.63, 3.8) is 0 Å². The van der Waals surface area contributed by atoms with Crippen molar-refractivity contribution in [1.29, 1.82) is 0 Å². The quantitative estimate of drug-likeness (QED) is 0.755. The fourth-order valence-electron chi connectivity index (χ4n) is 1.19. The highest BCUT2D eigenvalue weighted by atomic mass is 16.3. The van der Waals surface area contributed by atoms with E-state index in [0.717, 1.165) is 30.8 Å². The number of aryl methyl sites for hydroxylation is 1. The van der Waals surface area contributed by atoms with E-state index >= 15 is 0 Å². The first kappa shape index (κ1) is 10.3. The lowest BCUT2D eigenvalue weighted by molar-refractivity contribution is 0.457. The van der Waals surface area contributed by atoms with Gasteiger partial charge in [-0.05, 0) is 25.3 Å². The minimum absolute atomic E-state index is 0.598. The van der Waals surface area contributed by atoms with Gasteiger partial charge in [-0.3, -0.25) is 0 Å². The molecule has 0 amide bonds. The van der Waals surface area contributed by atoms with E-state index in [1.165, 1.54) is 0 Å². The number of nitrogens with zero attached hydrogens (tertiary/aromatic N) is 1. The second-order valence-electron chi connectivity index (χ2n) is 3.72. The highest BCUT2D eigenvalue weighted by molar-refractivity contribution is 4.97. The highest BCUT2D eigenvalue weighted by Gasteiger charge is 2.05. The first-order chi connectivity index (χ1) is 6.22. The average molecular weight is 182 g/mol. The number of aromatic nitrogens is 1. The first-order valence-electron chi connectivity index (χ1n) is 4.85. The smallest absolute Gasteiger partial charge is 0.194 e. The third-order valence-corrected chi connectivity index (χ3v) is 1.82. The second kappa shape index (κ2) is 5.02. The summed E-state index contributed by atoms with van der Waals surface area (Å²) in [6.07, 6.45) is 4.57. The lowest BCUT2D eigenvalue weighted by atomic mass is 10.1. The predicted octanol–water partition coefficient (Wildman–Crippen LogP) is 1.76. The number of oxazole rings is 1. The summed E-state index contributed by atoms with van der Waals surface area (Å²) in [5.41, 5.74) is 6.43. The summed E-state index contributed by atoms with van der Waals surface area (Å²) >= 11 is 0. The summed E-state index contributed by atoms with van der Waals surface area (Å²) in [6, 6.07) is 0. The molecule has 0 aliphatic heterocycles. The molecule has 1 heterocycles. The van der Waals surface area contributed by atoms with Crippen LogP contribution in [0.3, 0.4) is 0 Å². The predicted molar refractivity (Wildman–Crippen MR) is 52.4 cm³/mol. The SMILES string of the molecule is CC(C)Cc1nc(CCCN)co1. The highest BCUT2D eigenvalue weighted by Crippen LogP contribution is 2.09. The molecule has 0 saturated carbocycles. The third-order valence-electron chi connectivity index (χ3n) is 1.82. The molecular formula is C10H18N2O. The Balaban J connectivity index is 2.44. The van der Waals surface area contributed by atoms with E-state index in [1.807, 2.05) is 0 Å². The Kier molecular flexibility index (Phi) is 3.96. The zero-order valence-electron chi connectivity index (χ0n) is 8.42. The van der Waals surface area contributed by atoms with Crippen molar-refractivity contribution < 1.29 is 4.42 Å². The Morgan fingerprint density at radius 2 is 2.31 bits per heavy atom. The van der Waals surface area contributed by atoms with Crippen LogP contribution in [0, 0.1) is 5.92 Å². The molecule has 13 heavy (non-hydrogen) atoms. The third kappa shape index (κ3) is 3.59. The Bertz CT molecular complexity index is 243. The zero-order valence-corrected chi connectivity index (χ0v) is 8.42. The van der Waals surface area contributed by atoms with Crippen LogP contribution in [0.5, 0.6) is 0 Å². The van der Waals surface area contributed by atoms with E-state index < -0.39 is 0 Å². The molecule has 0 bridgehead atoms. The van der Waals surface area contributed by atoms with Crippen LogP contribution in [0.1, 0.15) is 31.9 Å². The van der Waals surface area contributed by atoms with Gasteiger partial charge in [-0.2, -0.15) is 0 Å². The molecule has 3 heteroatoms. The second-order valence-corrected chi connectivity index (χ2v) is 3.72. The molecule has 0 aliphatic carbocycles. The summed E-state index contributed by atoms with van der Waals surface area (Å²) in [7, 11) is 0. The van der Waals surface area contributed by atoms with E-state index in [0.29, 0.717) is 12.5 Å². The Hall–Kier alpha value is -0.830. The minimum atomic E-state index is 0.598. The summed E-state index contributed by atoms with van der Waals surface area (Å²) in [5.74, 6) is 1.45. The molecule has 0 unspecified atom stereocenters. The molecule has 0 radical (unpaired) electrons. The normalized spacial score (nSPS) is 11.1.